The molecule has 0 spiro atoms. The standard InChI is InChI=1S/C20H19F3N2O4S/c1-2-9-29-14-8-7-11(20(21,22)23)10-13(14)24-18(28)16(26)17(27)19-25-12-5-3-4-6-15(12)30-19/h3-8,10,16-17,26-27H,2,9H2,1H3,(H,24,28). The summed E-state index contributed by atoms with van der Waals surface area (Å²) in [6, 6.07) is 9.69. The lowest BCUT2D eigenvalue weighted by Gasteiger charge is -2.18. The van der Waals surface area contributed by atoms with Gasteiger partial charge < -0.3 is 20.3 Å². The van der Waals surface area contributed by atoms with Crippen LogP contribution in [0.3, 0.4) is 0 Å². The molecule has 0 bridgehead atoms. The van der Waals surface area contributed by atoms with Crippen LogP contribution in [0.2, 0.25) is 0 Å². The van der Waals surface area contributed by atoms with E-state index in [1.165, 1.54) is 0 Å². The Labute approximate surface area is 173 Å². The molecule has 0 saturated heterocycles. The van der Waals surface area contributed by atoms with Crippen molar-refractivity contribution >= 4 is 33.1 Å². The highest BCUT2D eigenvalue weighted by Crippen LogP contribution is 2.35. The SMILES string of the molecule is CCCOc1ccc(C(F)(F)F)cc1NC(=O)C(O)C(O)c1nc2ccccc2s1. The Balaban J connectivity index is 1.82. The summed E-state index contributed by atoms with van der Waals surface area (Å²) in [5, 5.41) is 23.0. The molecule has 1 heterocycles. The third-order valence-electron chi connectivity index (χ3n) is 4.16. The third kappa shape index (κ3) is 4.89. The number of halogens is 3. The molecule has 1 aromatic heterocycles. The highest BCUT2D eigenvalue weighted by molar-refractivity contribution is 7.18. The van der Waals surface area contributed by atoms with E-state index in [4.69, 9.17) is 4.74 Å². The third-order valence-corrected chi connectivity index (χ3v) is 5.26. The lowest BCUT2D eigenvalue weighted by molar-refractivity contribution is -0.137. The Hall–Kier alpha value is -2.69. The zero-order valence-electron chi connectivity index (χ0n) is 15.8. The molecular formula is C20H19F3N2O4S. The highest BCUT2D eigenvalue weighted by Gasteiger charge is 2.33. The lowest BCUT2D eigenvalue weighted by atomic mass is 10.1. The summed E-state index contributed by atoms with van der Waals surface area (Å²) in [6.45, 7) is 2.05. The van der Waals surface area contributed by atoms with Crippen LogP contribution in [0.5, 0.6) is 5.75 Å². The highest BCUT2D eigenvalue weighted by atomic mass is 32.1. The number of benzene rings is 2. The number of para-hydroxylation sites is 1. The summed E-state index contributed by atoms with van der Waals surface area (Å²) in [4.78, 5) is 16.6. The normalized spacial score (nSPS) is 13.8. The van der Waals surface area contributed by atoms with E-state index >= 15 is 0 Å². The minimum Gasteiger partial charge on any atom is -0.491 e. The summed E-state index contributed by atoms with van der Waals surface area (Å²) in [5.74, 6) is -1.05. The van der Waals surface area contributed by atoms with Crippen molar-refractivity contribution in [2.24, 2.45) is 0 Å². The zero-order valence-corrected chi connectivity index (χ0v) is 16.6. The van der Waals surface area contributed by atoms with E-state index < -0.39 is 29.9 Å². The number of carbonyl (C=O) groups excluding carboxylic acids is 1. The van der Waals surface area contributed by atoms with Crippen LogP contribution in [0.1, 0.15) is 30.0 Å². The molecule has 10 heteroatoms. The fraction of sp³-hybridized carbons (Fsp3) is 0.300. The predicted octanol–water partition coefficient (Wildman–Crippen LogP) is 4.14. The maximum absolute atomic E-state index is 13.0. The molecule has 0 aliphatic heterocycles. The van der Waals surface area contributed by atoms with Crippen LogP contribution in [-0.2, 0) is 11.0 Å². The van der Waals surface area contributed by atoms with Gasteiger partial charge in [-0.25, -0.2) is 4.98 Å². The fourth-order valence-corrected chi connectivity index (χ4v) is 3.63. The largest absolute Gasteiger partial charge is 0.491 e. The molecular weight excluding hydrogens is 421 g/mol. The molecule has 3 aromatic rings. The van der Waals surface area contributed by atoms with E-state index in [1.54, 1.807) is 24.3 Å². The summed E-state index contributed by atoms with van der Waals surface area (Å²) in [5.41, 5.74) is -0.640. The number of aliphatic hydroxyl groups excluding tert-OH is 2. The van der Waals surface area contributed by atoms with Crippen LogP contribution in [0.15, 0.2) is 42.5 Å². The van der Waals surface area contributed by atoms with Crippen molar-refractivity contribution in [3.05, 3.63) is 53.0 Å². The zero-order chi connectivity index (χ0) is 21.9. The first kappa shape index (κ1) is 22.0. The Bertz CT molecular complexity index is 1010. The molecule has 2 unspecified atom stereocenters. The number of aromatic nitrogens is 1. The van der Waals surface area contributed by atoms with Crippen molar-refractivity contribution in [3.63, 3.8) is 0 Å². The topological polar surface area (TPSA) is 91.7 Å². The van der Waals surface area contributed by atoms with Crippen LogP contribution in [0, 0.1) is 0 Å². The van der Waals surface area contributed by atoms with Gasteiger partial charge in [-0.15, -0.1) is 11.3 Å². The van der Waals surface area contributed by atoms with Gasteiger partial charge in [0.1, 0.15) is 16.9 Å². The average Bonchev–Trinajstić information content (AvgIpc) is 3.15. The first-order chi connectivity index (χ1) is 14.2. The predicted molar refractivity (Wildman–Crippen MR) is 106 cm³/mol. The monoisotopic (exact) mass is 440 g/mol. The first-order valence-corrected chi connectivity index (χ1v) is 9.89. The number of ether oxygens (including phenoxy) is 1. The van der Waals surface area contributed by atoms with E-state index in [0.29, 0.717) is 11.9 Å². The number of aliphatic hydroxyl groups is 2. The second-order valence-corrected chi connectivity index (χ2v) is 7.52. The number of fused-ring (bicyclic) bond motifs is 1. The van der Waals surface area contributed by atoms with E-state index in [-0.39, 0.29) is 23.1 Å². The van der Waals surface area contributed by atoms with Crippen LogP contribution in [0.25, 0.3) is 10.2 Å². The second kappa shape index (κ2) is 8.99. The van der Waals surface area contributed by atoms with Gasteiger partial charge in [-0.1, -0.05) is 19.1 Å². The van der Waals surface area contributed by atoms with Crippen LogP contribution < -0.4 is 10.1 Å². The summed E-state index contributed by atoms with van der Waals surface area (Å²) < 4.78 is 45.3. The fourth-order valence-electron chi connectivity index (χ4n) is 2.64. The number of alkyl halides is 3. The van der Waals surface area contributed by atoms with Gasteiger partial charge in [0.15, 0.2) is 6.10 Å². The van der Waals surface area contributed by atoms with Crippen molar-refractivity contribution in [1.82, 2.24) is 4.98 Å². The van der Waals surface area contributed by atoms with Gasteiger partial charge in [0.2, 0.25) is 0 Å². The van der Waals surface area contributed by atoms with Gasteiger partial charge in [0, 0.05) is 0 Å². The van der Waals surface area contributed by atoms with Crippen molar-refractivity contribution in [2.75, 3.05) is 11.9 Å². The van der Waals surface area contributed by atoms with Gasteiger partial charge in [0.05, 0.1) is 28.1 Å². The number of anilines is 1. The summed E-state index contributed by atoms with van der Waals surface area (Å²) >= 11 is 1.10. The molecule has 0 saturated carbocycles. The van der Waals surface area contributed by atoms with Gasteiger partial charge in [-0.05, 0) is 36.8 Å². The van der Waals surface area contributed by atoms with Crippen molar-refractivity contribution < 1.29 is 32.9 Å². The minimum absolute atomic E-state index is 0.0277. The Kier molecular flexibility index (Phi) is 6.59. The lowest BCUT2D eigenvalue weighted by Crippen LogP contribution is -2.33. The number of amides is 1. The summed E-state index contributed by atoms with van der Waals surface area (Å²) in [7, 11) is 0. The molecule has 0 fully saturated rings. The van der Waals surface area contributed by atoms with Gasteiger partial charge >= 0.3 is 6.18 Å². The van der Waals surface area contributed by atoms with Crippen LogP contribution >= 0.6 is 11.3 Å². The van der Waals surface area contributed by atoms with E-state index in [9.17, 15) is 28.2 Å². The number of hydrogen-bond acceptors (Lipinski definition) is 6. The maximum Gasteiger partial charge on any atom is 0.416 e. The van der Waals surface area contributed by atoms with Crippen molar-refractivity contribution in [1.29, 1.82) is 0 Å². The summed E-state index contributed by atoms with van der Waals surface area (Å²) in [6.07, 6.45) is -7.61. The smallest absolute Gasteiger partial charge is 0.416 e. The molecule has 3 N–H and O–H groups in total. The van der Waals surface area contributed by atoms with Gasteiger partial charge in [-0.3, -0.25) is 4.79 Å². The molecule has 0 aliphatic carbocycles. The molecule has 30 heavy (non-hydrogen) atoms. The molecule has 3 rings (SSSR count). The number of nitrogens with zero attached hydrogens (tertiary/aromatic N) is 1. The van der Waals surface area contributed by atoms with Crippen molar-refractivity contribution in [3.8, 4) is 5.75 Å². The number of hydrogen-bond donors (Lipinski definition) is 3. The molecule has 0 radical (unpaired) electrons. The number of carbonyl (C=O) groups is 1. The molecule has 160 valence electrons. The molecule has 2 aromatic carbocycles. The van der Waals surface area contributed by atoms with E-state index in [1.807, 2.05) is 6.92 Å². The Morgan fingerprint density at radius 3 is 2.63 bits per heavy atom. The number of thiazole rings is 1. The molecule has 0 aliphatic rings. The second-order valence-electron chi connectivity index (χ2n) is 6.46. The minimum atomic E-state index is -4.62. The van der Waals surface area contributed by atoms with Crippen LogP contribution in [-0.4, -0.2) is 33.8 Å². The molecule has 2 atom stereocenters. The first-order valence-electron chi connectivity index (χ1n) is 9.07. The Morgan fingerprint density at radius 1 is 1.23 bits per heavy atom. The Morgan fingerprint density at radius 2 is 1.97 bits per heavy atom. The maximum atomic E-state index is 13.0. The van der Waals surface area contributed by atoms with Crippen molar-refractivity contribution in [2.45, 2.75) is 31.7 Å². The number of nitrogens with one attached hydrogen (secondary N) is 1. The van der Waals surface area contributed by atoms with Crippen LogP contribution in [0.4, 0.5) is 18.9 Å². The molecule has 1 amide bonds. The van der Waals surface area contributed by atoms with E-state index in [2.05, 4.69) is 10.3 Å². The quantitative estimate of drug-likeness (QED) is 0.514. The average molecular weight is 440 g/mol. The van der Waals surface area contributed by atoms with Gasteiger partial charge in [-0.2, -0.15) is 13.2 Å². The van der Waals surface area contributed by atoms with Gasteiger partial charge in [0.25, 0.3) is 5.91 Å². The number of rotatable bonds is 7. The van der Waals surface area contributed by atoms with E-state index in [0.717, 1.165) is 34.2 Å². The molecule has 6 nitrogen and oxygen atoms in total.